The lowest BCUT2D eigenvalue weighted by atomic mass is 9.79. The van der Waals surface area contributed by atoms with Crippen molar-refractivity contribution in [2.24, 2.45) is 0 Å². The van der Waals surface area contributed by atoms with Crippen molar-refractivity contribution in [1.82, 2.24) is 5.32 Å². The van der Waals surface area contributed by atoms with Gasteiger partial charge in [0.05, 0.1) is 0 Å². The molecule has 1 N–H and O–H groups in total. The van der Waals surface area contributed by atoms with Crippen molar-refractivity contribution >= 4 is 0 Å². The van der Waals surface area contributed by atoms with Crippen LogP contribution in [0.25, 0.3) is 0 Å². The van der Waals surface area contributed by atoms with Gasteiger partial charge < -0.3 is 5.32 Å². The molecule has 2 fully saturated rings. The maximum Gasteiger partial charge on any atom is 0.0158 e. The second-order valence-electron chi connectivity index (χ2n) is 7.78. The average molecular weight is 265 g/mol. The van der Waals surface area contributed by atoms with Crippen LogP contribution in [-0.2, 0) is 0 Å². The summed E-state index contributed by atoms with van der Waals surface area (Å²) >= 11 is 0. The molecule has 2 aliphatic carbocycles. The van der Waals surface area contributed by atoms with E-state index in [2.05, 4.69) is 19.2 Å². The fraction of sp³-hybridized carbons (Fsp3) is 1.00. The third-order valence-corrected chi connectivity index (χ3v) is 5.52. The quantitative estimate of drug-likeness (QED) is 0.687. The van der Waals surface area contributed by atoms with Gasteiger partial charge in [-0.25, -0.2) is 0 Å². The minimum atomic E-state index is 0.411. The molecule has 2 saturated carbocycles. The van der Waals surface area contributed by atoms with E-state index in [-0.39, 0.29) is 0 Å². The van der Waals surface area contributed by atoms with Crippen LogP contribution in [0.15, 0.2) is 0 Å². The van der Waals surface area contributed by atoms with E-state index < -0.39 is 0 Å². The standard InChI is InChI=1S/C18H35N/c1-17(13-9-5-3-6-10-14-17)19-18(2)15-11-7-4-8-12-16-18/h19H,3-16H2,1-2H3. The van der Waals surface area contributed by atoms with E-state index in [0.29, 0.717) is 11.1 Å². The summed E-state index contributed by atoms with van der Waals surface area (Å²) in [4.78, 5) is 0. The number of hydrogen-bond donors (Lipinski definition) is 1. The Balaban J connectivity index is 1.94. The van der Waals surface area contributed by atoms with Crippen LogP contribution in [0.4, 0.5) is 0 Å². The van der Waals surface area contributed by atoms with Crippen molar-refractivity contribution < 1.29 is 0 Å². The molecule has 0 aliphatic heterocycles. The van der Waals surface area contributed by atoms with Crippen LogP contribution >= 0.6 is 0 Å². The maximum absolute atomic E-state index is 4.15. The van der Waals surface area contributed by atoms with Gasteiger partial charge in [-0.2, -0.15) is 0 Å². The van der Waals surface area contributed by atoms with Gasteiger partial charge >= 0.3 is 0 Å². The minimum Gasteiger partial charge on any atom is -0.306 e. The molecule has 0 spiro atoms. The lowest BCUT2D eigenvalue weighted by Crippen LogP contribution is -2.55. The average Bonchev–Trinajstić information content (AvgIpc) is 2.31. The summed E-state index contributed by atoms with van der Waals surface area (Å²) in [5.74, 6) is 0. The Kier molecular flexibility index (Phi) is 5.74. The van der Waals surface area contributed by atoms with E-state index in [0.717, 1.165) is 0 Å². The number of nitrogens with one attached hydrogen (secondary N) is 1. The number of rotatable bonds is 2. The fourth-order valence-corrected chi connectivity index (χ4v) is 4.35. The Morgan fingerprint density at radius 2 is 0.737 bits per heavy atom. The first kappa shape index (κ1) is 15.4. The van der Waals surface area contributed by atoms with Crippen LogP contribution in [0.5, 0.6) is 0 Å². The zero-order valence-corrected chi connectivity index (χ0v) is 13.4. The molecule has 112 valence electrons. The molecule has 0 atom stereocenters. The summed E-state index contributed by atoms with van der Waals surface area (Å²) < 4.78 is 0. The van der Waals surface area contributed by atoms with Crippen molar-refractivity contribution in [2.45, 2.75) is 115 Å². The second kappa shape index (κ2) is 7.11. The molecule has 1 nitrogen and oxygen atoms in total. The van der Waals surface area contributed by atoms with Gasteiger partial charge in [-0.05, 0) is 39.5 Å². The minimum absolute atomic E-state index is 0.411. The Labute approximate surface area is 120 Å². The Morgan fingerprint density at radius 1 is 0.474 bits per heavy atom. The molecule has 2 rings (SSSR count). The van der Waals surface area contributed by atoms with E-state index in [9.17, 15) is 0 Å². The largest absolute Gasteiger partial charge is 0.306 e. The monoisotopic (exact) mass is 265 g/mol. The zero-order chi connectivity index (χ0) is 13.6. The molecular weight excluding hydrogens is 230 g/mol. The molecule has 0 bridgehead atoms. The van der Waals surface area contributed by atoms with Gasteiger partial charge in [-0.1, -0.05) is 64.2 Å². The van der Waals surface area contributed by atoms with Gasteiger partial charge in [0.25, 0.3) is 0 Å². The highest BCUT2D eigenvalue weighted by Gasteiger charge is 2.33. The first-order chi connectivity index (χ1) is 9.12. The highest BCUT2D eigenvalue weighted by atomic mass is 15.0. The maximum atomic E-state index is 4.15. The predicted octanol–water partition coefficient (Wildman–Crippen LogP) is 5.58. The van der Waals surface area contributed by atoms with E-state index in [4.69, 9.17) is 0 Å². The van der Waals surface area contributed by atoms with Crippen molar-refractivity contribution in [1.29, 1.82) is 0 Å². The lowest BCUT2D eigenvalue weighted by molar-refractivity contribution is 0.163. The molecule has 0 amide bonds. The zero-order valence-electron chi connectivity index (χ0n) is 13.4. The van der Waals surface area contributed by atoms with Crippen LogP contribution < -0.4 is 5.32 Å². The van der Waals surface area contributed by atoms with Crippen molar-refractivity contribution in [2.75, 3.05) is 0 Å². The SMILES string of the molecule is CC1(NC2(C)CCCCCCC2)CCCCCCC1. The molecule has 19 heavy (non-hydrogen) atoms. The molecule has 1 heteroatoms. The summed E-state index contributed by atoms with van der Waals surface area (Å²) in [5, 5.41) is 4.15. The summed E-state index contributed by atoms with van der Waals surface area (Å²) in [6.45, 7) is 5.00. The lowest BCUT2D eigenvalue weighted by Gasteiger charge is -2.44. The first-order valence-electron chi connectivity index (χ1n) is 8.91. The molecule has 0 aromatic heterocycles. The topological polar surface area (TPSA) is 12.0 Å². The molecule has 0 aromatic carbocycles. The Bertz CT molecular complexity index is 216. The van der Waals surface area contributed by atoms with Crippen LogP contribution in [0, 0.1) is 0 Å². The molecule has 0 unspecified atom stereocenters. The second-order valence-corrected chi connectivity index (χ2v) is 7.78. The summed E-state index contributed by atoms with van der Waals surface area (Å²) in [5.41, 5.74) is 0.822. The van der Waals surface area contributed by atoms with Gasteiger partial charge in [-0.3, -0.25) is 0 Å². The summed E-state index contributed by atoms with van der Waals surface area (Å²) in [7, 11) is 0. The van der Waals surface area contributed by atoms with Gasteiger partial charge in [0.15, 0.2) is 0 Å². The Hall–Kier alpha value is -0.0400. The third-order valence-electron chi connectivity index (χ3n) is 5.52. The van der Waals surface area contributed by atoms with Crippen LogP contribution in [0.2, 0.25) is 0 Å². The predicted molar refractivity (Wildman–Crippen MR) is 84.6 cm³/mol. The first-order valence-corrected chi connectivity index (χ1v) is 8.91. The van der Waals surface area contributed by atoms with Crippen LogP contribution in [0.1, 0.15) is 104 Å². The molecule has 0 aromatic rings. The molecule has 0 saturated heterocycles. The van der Waals surface area contributed by atoms with Crippen molar-refractivity contribution in [3.05, 3.63) is 0 Å². The smallest absolute Gasteiger partial charge is 0.0158 e. The molecular formula is C18H35N. The van der Waals surface area contributed by atoms with E-state index in [1.165, 1.54) is 89.9 Å². The van der Waals surface area contributed by atoms with Gasteiger partial charge in [0, 0.05) is 11.1 Å². The van der Waals surface area contributed by atoms with Crippen molar-refractivity contribution in [3.8, 4) is 0 Å². The number of hydrogen-bond acceptors (Lipinski definition) is 1. The van der Waals surface area contributed by atoms with Gasteiger partial charge in [-0.15, -0.1) is 0 Å². The molecule has 0 heterocycles. The fourth-order valence-electron chi connectivity index (χ4n) is 4.35. The third kappa shape index (κ3) is 5.10. The normalized spacial score (nSPS) is 28.7. The van der Waals surface area contributed by atoms with Crippen LogP contribution in [0.3, 0.4) is 0 Å². The van der Waals surface area contributed by atoms with Gasteiger partial charge in [0.1, 0.15) is 0 Å². The van der Waals surface area contributed by atoms with E-state index in [1.807, 2.05) is 0 Å². The van der Waals surface area contributed by atoms with Gasteiger partial charge in [0.2, 0.25) is 0 Å². The van der Waals surface area contributed by atoms with Crippen LogP contribution in [-0.4, -0.2) is 11.1 Å². The highest BCUT2D eigenvalue weighted by molar-refractivity contribution is 4.94. The van der Waals surface area contributed by atoms with Crippen molar-refractivity contribution in [3.63, 3.8) is 0 Å². The molecule has 2 aliphatic rings. The van der Waals surface area contributed by atoms with E-state index in [1.54, 1.807) is 0 Å². The highest BCUT2D eigenvalue weighted by Crippen LogP contribution is 2.33. The summed E-state index contributed by atoms with van der Waals surface area (Å²) in [6.07, 6.45) is 20.0. The summed E-state index contributed by atoms with van der Waals surface area (Å²) in [6, 6.07) is 0. The Morgan fingerprint density at radius 3 is 1.05 bits per heavy atom. The van der Waals surface area contributed by atoms with E-state index >= 15 is 0 Å². The molecule has 0 radical (unpaired) electrons.